The fourth-order valence-corrected chi connectivity index (χ4v) is 3.43. The Morgan fingerprint density at radius 2 is 2.35 bits per heavy atom. The summed E-state index contributed by atoms with van der Waals surface area (Å²) < 4.78 is 7.79. The third kappa shape index (κ3) is 2.43. The number of aromatic nitrogens is 2. The van der Waals surface area contributed by atoms with Crippen molar-refractivity contribution in [1.29, 1.82) is 0 Å². The summed E-state index contributed by atoms with van der Waals surface area (Å²) >= 11 is 12.3. The molecule has 2 aromatic rings. The van der Waals surface area contributed by atoms with Gasteiger partial charge in [-0.15, -0.1) is 11.6 Å². The second-order valence-corrected chi connectivity index (χ2v) is 6.09. The number of aryl methyl sites for hydroxylation is 1. The molecule has 0 radical (unpaired) electrons. The van der Waals surface area contributed by atoms with E-state index in [1.165, 1.54) is 0 Å². The number of halogens is 2. The summed E-state index contributed by atoms with van der Waals surface area (Å²) in [5.41, 5.74) is 1.97. The molecule has 0 amide bonds. The van der Waals surface area contributed by atoms with Crippen molar-refractivity contribution in [3.63, 3.8) is 0 Å². The van der Waals surface area contributed by atoms with E-state index in [-0.39, 0.29) is 0 Å². The minimum Gasteiger partial charge on any atom is -0.381 e. The topological polar surface area (TPSA) is 27.1 Å². The lowest BCUT2D eigenvalue weighted by Gasteiger charge is -2.22. The molecule has 5 heteroatoms. The van der Waals surface area contributed by atoms with Crippen LogP contribution in [0.15, 0.2) is 18.2 Å². The van der Waals surface area contributed by atoms with E-state index in [9.17, 15) is 0 Å². The van der Waals surface area contributed by atoms with Gasteiger partial charge in [0.05, 0.1) is 22.7 Å². The highest BCUT2D eigenvalue weighted by atomic mass is 35.5. The van der Waals surface area contributed by atoms with E-state index in [1.807, 2.05) is 18.2 Å². The molecule has 1 aliphatic rings. The van der Waals surface area contributed by atoms with E-state index in [1.54, 1.807) is 0 Å². The third-order valence-electron chi connectivity index (χ3n) is 4.11. The van der Waals surface area contributed by atoms with Gasteiger partial charge in [-0.2, -0.15) is 0 Å². The van der Waals surface area contributed by atoms with Gasteiger partial charge in [0.25, 0.3) is 0 Å². The van der Waals surface area contributed by atoms with Gasteiger partial charge in [-0.25, -0.2) is 4.98 Å². The highest BCUT2D eigenvalue weighted by Crippen LogP contribution is 2.33. The molecule has 0 spiro atoms. The van der Waals surface area contributed by atoms with Crippen LogP contribution in [0.5, 0.6) is 0 Å². The Kier molecular flexibility index (Phi) is 4.20. The molecule has 20 heavy (non-hydrogen) atoms. The van der Waals surface area contributed by atoms with E-state index in [2.05, 4.69) is 11.5 Å². The van der Waals surface area contributed by atoms with Gasteiger partial charge in [0.15, 0.2) is 0 Å². The summed E-state index contributed by atoms with van der Waals surface area (Å²) in [6.07, 6.45) is 1.84. The Morgan fingerprint density at radius 3 is 3.05 bits per heavy atom. The van der Waals surface area contributed by atoms with E-state index < -0.39 is 0 Å². The van der Waals surface area contributed by atoms with Crippen molar-refractivity contribution in [3.05, 3.63) is 29.0 Å². The molecule has 1 aromatic heterocycles. The van der Waals surface area contributed by atoms with Crippen LogP contribution >= 0.6 is 23.2 Å². The smallest absolute Gasteiger partial charge is 0.111 e. The van der Waals surface area contributed by atoms with Crippen molar-refractivity contribution in [2.24, 2.45) is 5.92 Å². The number of rotatable bonds is 4. The Balaban J connectivity index is 2.12. The average Bonchev–Trinajstić information content (AvgIpc) is 3.06. The van der Waals surface area contributed by atoms with Crippen LogP contribution in [0.2, 0.25) is 5.02 Å². The first kappa shape index (κ1) is 14.2. The Hall–Kier alpha value is -0.770. The summed E-state index contributed by atoms with van der Waals surface area (Å²) in [5.74, 6) is 2.09. The van der Waals surface area contributed by atoms with Gasteiger partial charge < -0.3 is 9.30 Å². The zero-order valence-corrected chi connectivity index (χ0v) is 13.0. The molecule has 2 atom stereocenters. The van der Waals surface area contributed by atoms with Gasteiger partial charge in [0, 0.05) is 30.9 Å². The zero-order valence-electron chi connectivity index (χ0n) is 11.5. The molecule has 3 rings (SSSR count). The molecular weight excluding hydrogens is 295 g/mol. The molecule has 1 fully saturated rings. The number of nitrogens with zero attached hydrogens (tertiary/aromatic N) is 2. The average molecular weight is 313 g/mol. The molecule has 1 aromatic carbocycles. The summed E-state index contributed by atoms with van der Waals surface area (Å²) in [6, 6.07) is 6.19. The summed E-state index contributed by atoms with van der Waals surface area (Å²) in [5, 5.41) is 0.751. The van der Waals surface area contributed by atoms with Crippen molar-refractivity contribution < 1.29 is 4.74 Å². The maximum absolute atomic E-state index is 6.40. The maximum Gasteiger partial charge on any atom is 0.111 e. The number of para-hydroxylation sites is 1. The predicted octanol–water partition coefficient (Wildman–Crippen LogP) is 4.07. The van der Waals surface area contributed by atoms with Crippen LogP contribution in [0.3, 0.4) is 0 Å². The second kappa shape index (κ2) is 5.92. The largest absolute Gasteiger partial charge is 0.381 e. The standard InChI is InChI=1S/C15H18Cl2N2O/c1-10(11-6-8-20-9-11)19-14(5-7-16)18-13-4-2-3-12(17)15(13)19/h2-4,10-11H,5-9H2,1H3. The maximum atomic E-state index is 6.40. The molecule has 2 unspecified atom stereocenters. The molecule has 1 aliphatic heterocycles. The number of hydrogen-bond acceptors (Lipinski definition) is 2. The molecule has 0 saturated carbocycles. The monoisotopic (exact) mass is 312 g/mol. The minimum absolute atomic E-state index is 0.320. The molecular formula is C15H18Cl2N2O. The first-order valence-corrected chi connectivity index (χ1v) is 7.92. The number of ether oxygens (including phenoxy) is 1. The molecule has 2 heterocycles. The number of benzene rings is 1. The summed E-state index contributed by atoms with van der Waals surface area (Å²) in [6.45, 7) is 3.88. The normalized spacial score (nSPS) is 20.6. The lowest BCUT2D eigenvalue weighted by atomic mass is 10.00. The molecule has 1 saturated heterocycles. The number of alkyl halides is 1. The molecule has 0 aliphatic carbocycles. The van der Waals surface area contributed by atoms with Gasteiger partial charge in [-0.1, -0.05) is 17.7 Å². The van der Waals surface area contributed by atoms with Crippen molar-refractivity contribution in [2.45, 2.75) is 25.8 Å². The van der Waals surface area contributed by atoms with E-state index >= 15 is 0 Å². The SMILES string of the molecule is CC(C1CCOC1)n1c(CCCl)nc2cccc(Cl)c21. The lowest BCUT2D eigenvalue weighted by molar-refractivity contribution is 0.175. The summed E-state index contributed by atoms with van der Waals surface area (Å²) in [7, 11) is 0. The Bertz CT molecular complexity index is 605. The van der Waals surface area contributed by atoms with Gasteiger partial charge in [-0.3, -0.25) is 0 Å². The van der Waals surface area contributed by atoms with E-state index in [0.717, 1.165) is 47.9 Å². The van der Waals surface area contributed by atoms with Crippen LogP contribution in [-0.4, -0.2) is 28.6 Å². The van der Waals surface area contributed by atoms with Crippen molar-refractivity contribution in [2.75, 3.05) is 19.1 Å². The van der Waals surface area contributed by atoms with Crippen LogP contribution in [0.1, 0.15) is 25.2 Å². The first-order chi connectivity index (χ1) is 9.72. The second-order valence-electron chi connectivity index (χ2n) is 5.31. The molecule has 108 valence electrons. The van der Waals surface area contributed by atoms with Crippen molar-refractivity contribution >= 4 is 34.2 Å². The predicted molar refractivity (Wildman–Crippen MR) is 82.8 cm³/mol. The van der Waals surface area contributed by atoms with Gasteiger partial charge in [-0.05, 0) is 25.5 Å². The molecule has 3 nitrogen and oxygen atoms in total. The van der Waals surface area contributed by atoms with Gasteiger partial charge >= 0.3 is 0 Å². The van der Waals surface area contributed by atoms with E-state index in [0.29, 0.717) is 17.8 Å². The fourth-order valence-electron chi connectivity index (χ4n) is 3.00. The Morgan fingerprint density at radius 1 is 1.50 bits per heavy atom. The highest BCUT2D eigenvalue weighted by Gasteiger charge is 2.27. The quantitative estimate of drug-likeness (QED) is 0.796. The molecule has 0 bridgehead atoms. The van der Waals surface area contributed by atoms with Crippen molar-refractivity contribution in [1.82, 2.24) is 9.55 Å². The van der Waals surface area contributed by atoms with Gasteiger partial charge in [0.1, 0.15) is 5.82 Å². The highest BCUT2D eigenvalue weighted by molar-refractivity contribution is 6.35. The van der Waals surface area contributed by atoms with Crippen LogP contribution in [-0.2, 0) is 11.2 Å². The first-order valence-electron chi connectivity index (χ1n) is 7.01. The van der Waals surface area contributed by atoms with Crippen molar-refractivity contribution in [3.8, 4) is 0 Å². The summed E-state index contributed by atoms with van der Waals surface area (Å²) in [4.78, 5) is 4.71. The van der Waals surface area contributed by atoms with Crippen LogP contribution in [0.4, 0.5) is 0 Å². The van der Waals surface area contributed by atoms with Gasteiger partial charge in [0.2, 0.25) is 0 Å². The van der Waals surface area contributed by atoms with E-state index in [4.69, 9.17) is 32.9 Å². The number of imidazole rings is 1. The lowest BCUT2D eigenvalue weighted by Crippen LogP contribution is -2.19. The fraction of sp³-hybridized carbons (Fsp3) is 0.533. The third-order valence-corrected chi connectivity index (χ3v) is 4.60. The van der Waals surface area contributed by atoms with Crippen LogP contribution in [0, 0.1) is 5.92 Å². The number of fused-ring (bicyclic) bond motifs is 1. The Labute approximate surface area is 128 Å². The minimum atomic E-state index is 0.320. The molecule has 0 N–H and O–H groups in total. The van der Waals surface area contributed by atoms with Crippen LogP contribution < -0.4 is 0 Å². The van der Waals surface area contributed by atoms with Crippen LogP contribution in [0.25, 0.3) is 11.0 Å². The zero-order chi connectivity index (χ0) is 14.1. The number of hydrogen-bond donors (Lipinski definition) is 0.